The maximum atomic E-state index is 12.1. The van der Waals surface area contributed by atoms with Gasteiger partial charge >= 0.3 is 11.9 Å². The molecule has 0 spiro atoms. The predicted octanol–water partition coefficient (Wildman–Crippen LogP) is 2.34. The van der Waals surface area contributed by atoms with Gasteiger partial charge in [0.2, 0.25) is 0 Å². The van der Waals surface area contributed by atoms with E-state index in [1.54, 1.807) is 6.08 Å². The highest BCUT2D eigenvalue weighted by molar-refractivity contribution is 6.25. The van der Waals surface area contributed by atoms with Gasteiger partial charge in [-0.3, -0.25) is 4.79 Å². The van der Waals surface area contributed by atoms with E-state index in [-0.39, 0.29) is 17.5 Å². The van der Waals surface area contributed by atoms with Gasteiger partial charge in [0, 0.05) is 12.3 Å². The Kier molecular flexibility index (Phi) is 2.42. The molecule has 1 aliphatic heterocycles. The topological polar surface area (TPSA) is 52.6 Å². The van der Waals surface area contributed by atoms with Crippen LogP contribution in [0.25, 0.3) is 0 Å². The maximum Gasteiger partial charge on any atom is 0.338 e. The molecule has 1 saturated heterocycles. The second-order valence-corrected chi connectivity index (χ2v) is 7.20. The van der Waals surface area contributed by atoms with Crippen LogP contribution in [0.4, 0.5) is 0 Å². The van der Waals surface area contributed by atoms with Gasteiger partial charge in [-0.25, -0.2) is 4.79 Å². The van der Waals surface area contributed by atoms with Crippen LogP contribution >= 0.6 is 11.6 Å². The Morgan fingerprint density at radius 1 is 1.53 bits per heavy atom. The molecule has 0 unspecified atom stereocenters. The van der Waals surface area contributed by atoms with Crippen molar-refractivity contribution in [1.82, 2.24) is 0 Å². The monoisotopic (exact) mass is 284 g/mol. The average Bonchev–Trinajstić information content (AvgIpc) is 2.64. The van der Waals surface area contributed by atoms with Gasteiger partial charge in [0.25, 0.3) is 0 Å². The summed E-state index contributed by atoms with van der Waals surface area (Å²) in [6.45, 7) is 5.28. The normalized spacial score (nSPS) is 47.5. The summed E-state index contributed by atoms with van der Waals surface area (Å²) in [6.07, 6.45) is 3.55. The number of esters is 2. The lowest BCUT2D eigenvalue weighted by molar-refractivity contribution is -0.172. The number of carbonyl (C=O) groups is 2. The fourth-order valence-corrected chi connectivity index (χ4v) is 4.59. The Morgan fingerprint density at radius 2 is 2.21 bits per heavy atom. The molecule has 0 bridgehead atoms. The molecule has 0 radical (unpaired) electrons. The minimum absolute atomic E-state index is 0.351. The van der Waals surface area contributed by atoms with E-state index < -0.39 is 16.4 Å². The summed E-state index contributed by atoms with van der Waals surface area (Å²) in [5.74, 6) is -0.788. The van der Waals surface area contributed by atoms with Crippen LogP contribution < -0.4 is 0 Å². The third kappa shape index (κ3) is 1.52. The third-order valence-electron chi connectivity index (χ3n) is 4.66. The van der Waals surface area contributed by atoms with Crippen molar-refractivity contribution in [3.63, 3.8) is 0 Å². The lowest BCUT2D eigenvalue weighted by Crippen LogP contribution is -2.55. The highest BCUT2D eigenvalue weighted by Gasteiger charge is 2.72. The molecule has 1 heterocycles. The Balaban J connectivity index is 2.22. The summed E-state index contributed by atoms with van der Waals surface area (Å²) in [5, 5.41) is 0. The summed E-state index contributed by atoms with van der Waals surface area (Å²) in [5.41, 5.74) is -0.864. The molecule has 104 valence electrons. The van der Waals surface area contributed by atoms with E-state index in [9.17, 15) is 9.59 Å². The van der Waals surface area contributed by atoms with Gasteiger partial charge in [-0.05, 0) is 32.3 Å². The fraction of sp³-hybridized carbons (Fsp3) is 0.714. The van der Waals surface area contributed by atoms with Gasteiger partial charge in [0.1, 0.15) is 6.10 Å². The molecule has 4 nitrogen and oxygen atoms in total. The van der Waals surface area contributed by atoms with E-state index in [1.807, 2.05) is 13.8 Å². The summed E-state index contributed by atoms with van der Waals surface area (Å²) < 4.78 is 11.1. The molecule has 2 fully saturated rings. The number of allylic oxidation sites excluding steroid dienone is 1. The SMILES string of the molecule is CC(=O)O[C@]12C3=C[C@@](C)(Cl)C[C@@]1(C)CC[C@H]2OC3=O. The summed E-state index contributed by atoms with van der Waals surface area (Å²) >= 11 is 6.46. The van der Waals surface area contributed by atoms with Gasteiger partial charge in [-0.1, -0.05) is 6.92 Å². The molecule has 3 rings (SSSR count). The second kappa shape index (κ2) is 3.54. The third-order valence-corrected chi connectivity index (χ3v) is 4.91. The zero-order chi connectivity index (χ0) is 14.1. The van der Waals surface area contributed by atoms with Crippen LogP contribution in [0.15, 0.2) is 11.6 Å². The highest BCUT2D eigenvalue weighted by atomic mass is 35.5. The van der Waals surface area contributed by atoms with Gasteiger partial charge in [-0.2, -0.15) is 0 Å². The predicted molar refractivity (Wildman–Crippen MR) is 68.7 cm³/mol. The molecule has 0 aromatic rings. The number of rotatable bonds is 1. The lowest BCUT2D eigenvalue weighted by atomic mass is 9.63. The van der Waals surface area contributed by atoms with Crippen LogP contribution in [0.2, 0.25) is 0 Å². The standard InChI is InChI=1S/C14H17ClO4/c1-8(16)19-14-9-6-13(3,15)7-12(14,2)5-4-10(14)18-11(9)17/h6,10H,4-5,7H2,1-3H3/t10-,12-,13-,14+/m1/s1. The molecular weight excluding hydrogens is 268 g/mol. The zero-order valence-electron chi connectivity index (χ0n) is 11.3. The number of alkyl halides is 1. The first-order valence-electron chi connectivity index (χ1n) is 6.53. The van der Waals surface area contributed by atoms with E-state index in [2.05, 4.69) is 0 Å². The molecule has 0 amide bonds. The molecule has 5 heteroatoms. The van der Waals surface area contributed by atoms with Crippen LogP contribution in [-0.2, 0) is 19.1 Å². The molecule has 4 atom stereocenters. The number of ether oxygens (including phenoxy) is 2. The average molecular weight is 285 g/mol. The molecule has 0 aromatic heterocycles. The minimum atomic E-state index is -0.940. The molecule has 19 heavy (non-hydrogen) atoms. The fourth-order valence-electron chi connectivity index (χ4n) is 4.18. The van der Waals surface area contributed by atoms with Crippen molar-refractivity contribution in [3.05, 3.63) is 11.6 Å². The Labute approximate surface area is 117 Å². The van der Waals surface area contributed by atoms with Gasteiger partial charge in [-0.15, -0.1) is 11.6 Å². The van der Waals surface area contributed by atoms with Crippen LogP contribution in [0, 0.1) is 5.41 Å². The number of hydrogen-bond donors (Lipinski definition) is 0. The second-order valence-electron chi connectivity index (χ2n) is 6.34. The van der Waals surface area contributed by atoms with E-state index >= 15 is 0 Å². The van der Waals surface area contributed by atoms with Crippen LogP contribution in [0.3, 0.4) is 0 Å². The van der Waals surface area contributed by atoms with E-state index in [4.69, 9.17) is 21.1 Å². The molecule has 0 aromatic carbocycles. The molecule has 3 aliphatic rings. The van der Waals surface area contributed by atoms with E-state index in [0.29, 0.717) is 18.4 Å². The highest BCUT2D eigenvalue weighted by Crippen LogP contribution is 2.63. The smallest absolute Gasteiger partial charge is 0.338 e. The van der Waals surface area contributed by atoms with Crippen LogP contribution in [0.5, 0.6) is 0 Å². The van der Waals surface area contributed by atoms with Gasteiger partial charge in [0.05, 0.1) is 10.4 Å². The largest absolute Gasteiger partial charge is 0.454 e. The molecule has 0 N–H and O–H groups in total. The van der Waals surface area contributed by atoms with Crippen molar-refractivity contribution < 1.29 is 19.1 Å². The molecule has 1 saturated carbocycles. The van der Waals surface area contributed by atoms with E-state index in [0.717, 1.165) is 6.42 Å². The van der Waals surface area contributed by atoms with Crippen LogP contribution in [0.1, 0.15) is 40.0 Å². The Morgan fingerprint density at radius 3 is 2.84 bits per heavy atom. The zero-order valence-corrected chi connectivity index (χ0v) is 12.0. The molecule has 2 aliphatic carbocycles. The van der Waals surface area contributed by atoms with Crippen molar-refractivity contribution in [2.24, 2.45) is 5.41 Å². The molecular formula is C14H17ClO4. The Bertz CT molecular complexity index is 510. The summed E-state index contributed by atoms with van der Waals surface area (Å²) in [6, 6.07) is 0. The summed E-state index contributed by atoms with van der Waals surface area (Å²) in [4.78, 5) is 23.0. The first kappa shape index (κ1) is 13.0. The number of hydrogen-bond acceptors (Lipinski definition) is 4. The van der Waals surface area contributed by atoms with Crippen molar-refractivity contribution in [3.8, 4) is 0 Å². The van der Waals surface area contributed by atoms with Crippen LogP contribution in [-0.4, -0.2) is 28.5 Å². The first-order chi connectivity index (χ1) is 8.70. The number of halogens is 1. The van der Waals surface area contributed by atoms with Gasteiger partial charge in [0.15, 0.2) is 5.60 Å². The van der Waals surface area contributed by atoms with Crippen molar-refractivity contribution >= 4 is 23.5 Å². The van der Waals surface area contributed by atoms with E-state index in [1.165, 1.54) is 6.92 Å². The first-order valence-corrected chi connectivity index (χ1v) is 6.91. The summed E-state index contributed by atoms with van der Waals surface area (Å²) in [7, 11) is 0. The quantitative estimate of drug-likeness (QED) is 0.548. The van der Waals surface area contributed by atoms with Gasteiger partial charge < -0.3 is 9.47 Å². The lowest BCUT2D eigenvalue weighted by Gasteiger charge is -2.47. The Hall–Kier alpha value is -1.03. The van der Waals surface area contributed by atoms with Crippen molar-refractivity contribution in [2.45, 2.75) is 56.6 Å². The van der Waals surface area contributed by atoms with Crippen molar-refractivity contribution in [2.75, 3.05) is 0 Å². The maximum absolute atomic E-state index is 12.1. The van der Waals surface area contributed by atoms with Crippen molar-refractivity contribution in [1.29, 1.82) is 0 Å². The minimum Gasteiger partial charge on any atom is -0.454 e. The number of carbonyl (C=O) groups excluding carboxylic acids is 2.